The van der Waals surface area contributed by atoms with Gasteiger partial charge >= 0.3 is 0 Å². The smallest absolute Gasteiger partial charge is 0.227 e. The van der Waals surface area contributed by atoms with E-state index in [9.17, 15) is 9.59 Å². The zero-order valence-electron chi connectivity index (χ0n) is 13.6. The minimum atomic E-state index is 0.0124. The van der Waals surface area contributed by atoms with E-state index in [1.165, 1.54) is 0 Å². The number of amides is 2. The summed E-state index contributed by atoms with van der Waals surface area (Å²) < 4.78 is 0. The minimum Gasteiger partial charge on any atom is -0.345 e. The Bertz CT molecular complexity index is 714. The predicted molar refractivity (Wildman–Crippen MR) is 87.8 cm³/mol. The molecular formula is C17H22N4O2. The van der Waals surface area contributed by atoms with Crippen molar-refractivity contribution in [2.24, 2.45) is 5.92 Å². The SMILES string of the molecule is CC(C)C(=O)N1CCN(C(=O)Cc2ccc3nc[nH]c3c2)CC1. The number of piperazine rings is 1. The van der Waals surface area contributed by atoms with E-state index in [2.05, 4.69) is 9.97 Å². The average molecular weight is 314 g/mol. The molecule has 1 aliphatic rings. The van der Waals surface area contributed by atoms with Crippen LogP contribution in [0, 0.1) is 5.92 Å². The molecular weight excluding hydrogens is 292 g/mol. The molecule has 2 aromatic rings. The van der Waals surface area contributed by atoms with Crippen molar-refractivity contribution >= 4 is 22.8 Å². The summed E-state index contributed by atoms with van der Waals surface area (Å²) in [6.07, 6.45) is 2.04. The first kappa shape index (κ1) is 15.5. The van der Waals surface area contributed by atoms with Crippen LogP contribution < -0.4 is 0 Å². The van der Waals surface area contributed by atoms with Crippen LogP contribution in [0.15, 0.2) is 24.5 Å². The second kappa shape index (κ2) is 6.40. The van der Waals surface area contributed by atoms with Crippen molar-refractivity contribution in [3.05, 3.63) is 30.1 Å². The summed E-state index contributed by atoms with van der Waals surface area (Å²) in [5.74, 6) is 0.292. The minimum absolute atomic E-state index is 0.0124. The second-order valence-corrected chi connectivity index (χ2v) is 6.29. The number of nitrogens with one attached hydrogen (secondary N) is 1. The third kappa shape index (κ3) is 3.36. The topological polar surface area (TPSA) is 69.3 Å². The van der Waals surface area contributed by atoms with Crippen molar-refractivity contribution in [3.63, 3.8) is 0 Å². The summed E-state index contributed by atoms with van der Waals surface area (Å²) in [5, 5.41) is 0. The van der Waals surface area contributed by atoms with E-state index in [4.69, 9.17) is 0 Å². The zero-order chi connectivity index (χ0) is 16.4. The first-order chi connectivity index (χ1) is 11.0. The molecule has 3 rings (SSSR count). The molecule has 1 saturated heterocycles. The highest BCUT2D eigenvalue weighted by molar-refractivity contribution is 5.82. The first-order valence-electron chi connectivity index (χ1n) is 8.03. The molecule has 1 aromatic heterocycles. The molecule has 2 amide bonds. The van der Waals surface area contributed by atoms with Crippen LogP contribution in [0.25, 0.3) is 11.0 Å². The van der Waals surface area contributed by atoms with Gasteiger partial charge in [-0.3, -0.25) is 9.59 Å². The van der Waals surface area contributed by atoms with Crippen LogP contribution in [0.4, 0.5) is 0 Å². The second-order valence-electron chi connectivity index (χ2n) is 6.29. The maximum Gasteiger partial charge on any atom is 0.227 e. The van der Waals surface area contributed by atoms with Crippen LogP contribution in [-0.2, 0) is 16.0 Å². The van der Waals surface area contributed by atoms with Gasteiger partial charge in [0.25, 0.3) is 0 Å². The highest BCUT2D eigenvalue weighted by atomic mass is 16.2. The zero-order valence-corrected chi connectivity index (χ0v) is 13.6. The number of hydrogen-bond donors (Lipinski definition) is 1. The monoisotopic (exact) mass is 314 g/mol. The lowest BCUT2D eigenvalue weighted by atomic mass is 10.1. The Labute approximate surface area is 135 Å². The summed E-state index contributed by atoms with van der Waals surface area (Å²) in [4.78, 5) is 35.4. The van der Waals surface area contributed by atoms with Gasteiger partial charge in [-0.2, -0.15) is 0 Å². The Balaban J connectivity index is 1.58. The number of carbonyl (C=O) groups is 2. The third-order valence-corrected chi connectivity index (χ3v) is 4.28. The molecule has 0 saturated carbocycles. The Morgan fingerprint density at radius 2 is 1.87 bits per heavy atom. The maximum absolute atomic E-state index is 12.4. The van der Waals surface area contributed by atoms with E-state index in [1.807, 2.05) is 41.8 Å². The largest absolute Gasteiger partial charge is 0.345 e. The van der Waals surface area contributed by atoms with Gasteiger partial charge in [0.05, 0.1) is 23.8 Å². The molecule has 0 radical (unpaired) electrons. The summed E-state index contributed by atoms with van der Waals surface area (Å²) >= 11 is 0. The van der Waals surface area contributed by atoms with Crippen LogP contribution in [-0.4, -0.2) is 57.8 Å². The van der Waals surface area contributed by atoms with E-state index < -0.39 is 0 Å². The van der Waals surface area contributed by atoms with E-state index in [1.54, 1.807) is 6.33 Å². The summed E-state index contributed by atoms with van der Waals surface area (Å²) in [6, 6.07) is 5.84. The van der Waals surface area contributed by atoms with Gasteiger partial charge in [-0.1, -0.05) is 19.9 Å². The molecule has 1 fully saturated rings. The number of benzene rings is 1. The van der Waals surface area contributed by atoms with E-state index in [0.717, 1.165) is 16.6 Å². The molecule has 1 aromatic carbocycles. The number of carbonyl (C=O) groups excluding carboxylic acids is 2. The molecule has 0 spiro atoms. The lowest BCUT2D eigenvalue weighted by Crippen LogP contribution is -2.51. The highest BCUT2D eigenvalue weighted by Crippen LogP contribution is 2.14. The van der Waals surface area contributed by atoms with Gasteiger partial charge in [0.1, 0.15) is 0 Å². The number of fused-ring (bicyclic) bond motifs is 1. The standard InChI is InChI=1S/C17H22N4O2/c1-12(2)17(23)21-7-5-20(6-8-21)16(22)10-13-3-4-14-15(9-13)19-11-18-14/h3-4,9,11-12H,5-8,10H2,1-2H3,(H,18,19). The number of aromatic amines is 1. The van der Waals surface area contributed by atoms with Crippen molar-refractivity contribution in [1.29, 1.82) is 0 Å². The number of rotatable bonds is 3. The van der Waals surface area contributed by atoms with Gasteiger partial charge in [0.15, 0.2) is 0 Å². The number of hydrogen-bond acceptors (Lipinski definition) is 3. The van der Waals surface area contributed by atoms with Gasteiger partial charge in [-0.15, -0.1) is 0 Å². The quantitative estimate of drug-likeness (QED) is 0.932. The molecule has 0 unspecified atom stereocenters. The van der Waals surface area contributed by atoms with Gasteiger partial charge in [0, 0.05) is 32.1 Å². The Hall–Kier alpha value is -2.37. The van der Waals surface area contributed by atoms with Crippen molar-refractivity contribution < 1.29 is 9.59 Å². The summed E-state index contributed by atoms with van der Waals surface area (Å²) in [5.41, 5.74) is 2.83. The Morgan fingerprint density at radius 1 is 1.17 bits per heavy atom. The van der Waals surface area contributed by atoms with E-state index in [0.29, 0.717) is 32.6 Å². The number of aromatic nitrogens is 2. The van der Waals surface area contributed by atoms with Crippen molar-refractivity contribution in [1.82, 2.24) is 19.8 Å². The molecule has 0 atom stereocenters. The molecule has 1 aliphatic heterocycles. The van der Waals surface area contributed by atoms with Gasteiger partial charge in [-0.25, -0.2) is 4.98 Å². The number of H-pyrrole nitrogens is 1. The van der Waals surface area contributed by atoms with Crippen LogP contribution in [0.3, 0.4) is 0 Å². The normalized spacial score (nSPS) is 15.4. The molecule has 6 heteroatoms. The van der Waals surface area contributed by atoms with Crippen molar-refractivity contribution in [3.8, 4) is 0 Å². The first-order valence-corrected chi connectivity index (χ1v) is 8.03. The summed E-state index contributed by atoms with van der Waals surface area (Å²) in [7, 11) is 0. The van der Waals surface area contributed by atoms with Crippen LogP contribution in [0.2, 0.25) is 0 Å². The van der Waals surface area contributed by atoms with E-state index in [-0.39, 0.29) is 17.7 Å². The van der Waals surface area contributed by atoms with Gasteiger partial charge in [0.2, 0.25) is 11.8 Å². The average Bonchev–Trinajstić information content (AvgIpc) is 3.01. The van der Waals surface area contributed by atoms with Crippen LogP contribution >= 0.6 is 0 Å². The molecule has 2 heterocycles. The summed E-state index contributed by atoms with van der Waals surface area (Å²) in [6.45, 7) is 6.30. The van der Waals surface area contributed by atoms with E-state index >= 15 is 0 Å². The third-order valence-electron chi connectivity index (χ3n) is 4.28. The number of nitrogens with zero attached hydrogens (tertiary/aromatic N) is 3. The Morgan fingerprint density at radius 3 is 2.57 bits per heavy atom. The van der Waals surface area contributed by atoms with Gasteiger partial charge < -0.3 is 14.8 Å². The molecule has 122 valence electrons. The van der Waals surface area contributed by atoms with Crippen molar-refractivity contribution in [2.75, 3.05) is 26.2 Å². The fourth-order valence-electron chi connectivity index (χ4n) is 2.92. The lowest BCUT2D eigenvalue weighted by Gasteiger charge is -2.35. The lowest BCUT2D eigenvalue weighted by molar-refractivity contribution is -0.141. The Kier molecular flexibility index (Phi) is 4.32. The fraction of sp³-hybridized carbons (Fsp3) is 0.471. The predicted octanol–water partition coefficient (Wildman–Crippen LogP) is 1.43. The van der Waals surface area contributed by atoms with Crippen LogP contribution in [0.5, 0.6) is 0 Å². The molecule has 1 N–H and O–H groups in total. The molecule has 0 bridgehead atoms. The van der Waals surface area contributed by atoms with Crippen molar-refractivity contribution in [2.45, 2.75) is 20.3 Å². The van der Waals surface area contributed by atoms with Crippen LogP contribution in [0.1, 0.15) is 19.4 Å². The van der Waals surface area contributed by atoms with Gasteiger partial charge in [-0.05, 0) is 17.7 Å². The fourth-order valence-corrected chi connectivity index (χ4v) is 2.92. The highest BCUT2D eigenvalue weighted by Gasteiger charge is 2.25. The molecule has 0 aliphatic carbocycles. The molecule has 23 heavy (non-hydrogen) atoms. The number of imidazole rings is 1. The maximum atomic E-state index is 12.4. The molecule has 6 nitrogen and oxygen atoms in total.